The molecular formula is C16H18N2O2S. The van der Waals surface area contributed by atoms with E-state index in [0.717, 1.165) is 5.56 Å². The van der Waals surface area contributed by atoms with Crippen LogP contribution in [0.3, 0.4) is 0 Å². The standard InChI is InChI=1S/C16H18N2O2S/c1-3-13-16(20)18(10(2)15(19)17-13)8-11-9-21-14-7-5-4-6-12(11)14/h4-7,9-10,13H,3,8H2,1-2H3,(H,17,19). The highest BCUT2D eigenvalue weighted by molar-refractivity contribution is 7.17. The van der Waals surface area contributed by atoms with Crippen molar-refractivity contribution >= 4 is 33.2 Å². The molecule has 1 fully saturated rings. The zero-order valence-corrected chi connectivity index (χ0v) is 12.9. The molecule has 0 aliphatic carbocycles. The number of amides is 2. The minimum Gasteiger partial charge on any atom is -0.343 e. The maximum absolute atomic E-state index is 12.5. The summed E-state index contributed by atoms with van der Waals surface area (Å²) in [7, 11) is 0. The zero-order valence-electron chi connectivity index (χ0n) is 12.1. The highest BCUT2D eigenvalue weighted by atomic mass is 32.1. The Morgan fingerprint density at radius 3 is 2.81 bits per heavy atom. The fourth-order valence-corrected chi connectivity index (χ4v) is 3.67. The van der Waals surface area contributed by atoms with Crippen LogP contribution in [0.5, 0.6) is 0 Å². The van der Waals surface area contributed by atoms with E-state index in [1.165, 1.54) is 10.1 Å². The quantitative estimate of drug-likeness (QED) is 0.947. The average Bonchev–Trinajstić information content (AvgIpc) is 2.90. The first-order chi connectivity index (χ1) is 10.1. The number of fused-ring (bicyclic) bond motifs is 1. The second-order valence-electron chi connectivity index (χ2n) is 5.37. The lowest BCUT2D eigenvalue weighted by molar-refractivity contribution is -0.149. The van der Waals surface area contributed by atoms with E-state index in [2.05, 4.69) is 22.8 Å². The number of carbonyl (C=O) groups excluding carboxylic acids is 2. The normalized spacial score (nSPS) is 22.7. The lowest BCUT2D eigenvalue weighted by atomic mass is 10.0. The van der Waals surface area contributed by atoms with Crippen LogP contribution in [0.4, 0.5) is 0 Å². The van der Waals surface area contributed by atoms with Crippen LogP contribution in [-0.4, -0.2) is 28.8 Å². The van der Waals surface area contributed by atoms with Gasteiger partial charge in [0.05, 0.1) is 0 Å². The first-order valence-electron chi connectivity index (χ1n) is 7.17. The summed E-state index contributed by atoms with van der Waals surface area (Å²) >= 11 is 1.67. The van der Waals surface area contributed by atoms with Crippen LogP contribution in [-0.2, 0) is 16.1 Å². The van der Waals surface area contributed by atoms with Crippen LogP contribution < -0.4 is 5.32 Å². The number of rotatable bonds is 3. The number of nitrogens with zero attached hydrogens (tertiary/aromatic N) is 1. The van der Waals surface area contributed by atoms with Crippen LogP contribution >= 0.6 is 11.3 Å². The third-order valence-electron chi connectivity index (χ3n) is 4.05. The van der Waals surface area contributed by atoms with E-state index < -0.39 is 12.1 Å². The fraction of sp³-hybridized carbons (Fsp3) is 0.375. The van der Waals surface area contributed by atoms with E-state index in [1.807, 2.05) is 19.1 Å². The van der Waals surface area contributed by atoms with Crippen LogP contribution in [0.25, 0.3) is 10.1 Å². The molecule has 1 aromatic carbocycles. The van der Waals surface area contributed by atoms with Crippen molar-refractivity contribution in [3.63, 3.8) is 0 Å². The summed E-state index contributed by atoms with van der Waals surface area (Å²) in [5.41, 5.74) is 1.11. The molecule has 0 spiro atoms. The number of hydrogen-bond acceptors (Lipinski definition) is 3. The largest absolute Gasteiger partial charge is 0.343 e. The molecule has 0 bridgehead atoms. The van der Waals surface area contributed by atoms with Crippen molar-refractivity contribution in [1.82, 2.24) is 10.2 Å². The minimum atomic E-state index is -0.418. The van der Waals surface area contributed by atoms with Gasteiger partial charge in [-0.3, -0.25) is 9.59 Å². The minimum absolute atomic E-state index is 0.0138. The van der Waals surface area contributed by atoms with Crippen molar-refractivity contribution in [3.05, 3.63) is 35.2 Å². The number of nitrogens with one attached hydrogen (secondary N) is 1. The van der Waals surface area contributed by atoms with Gasteiger partial charge in [-0.25, -0.2) is 0 Å². The van der Waals surface area contributed by atoms with Crippen molar-refractivity contribution in [1.29, 1.82) is 0 Å². The van der Waals surface area contributed by atoms with Gasteiger partial charge in [0.1, 0.15) is 12.1 Å². The molecular weight excluding hydrogens is 284 g/mol. The van der Waals surface area contributed by atoms with Gasteiger partial charge in [-0.1, -0.05) is 25.1 Å². The number of hydrogen-bond donors (Lipinski definition) is 1. The predicted octanol–water partition coefficient (Wildman–Crippen LogP) is 2.53. The Labute approximate surface area is 127 Å². The molecule has 21 heavy (non-hydrogen) atoms. The molecule has 1 saturated heterocycles. The molecule has 1 aliphatic rings. The lowest BCUT2D eigenvalue weighted by Gasteiger charge is -2.37. The second-order valence-corrected chi connectivity index (χ2v) is 6.28. The number of thiophene rings is 1. The molecule has 110 valence electrons. The summed E-state index contributed by atoms with van der Waals surface area (Å²) in [6, 6.07) is 7.35. The zero-order chi connectivity index (χ0) is 15.0. The summed E-state index contributed by atoms with van der Waals surface area (Å²) < 4.78 is 1.21. The molecule has 2 unspecified atom stereocenters. The van der Waals surface area contributed by atoms with Gasteiger partial charge in [0.25, 0.3) is 0 Å². The van der Waals surface area contributed by atoms with Crippen molar-refractivity contribution in [2.75, 3.05) is 0 Å². The van der Waals surface area contributed by atoms with Gasteiger partial charge in [0.15, 0.2) is 0 Å². The van der Waals surface area contributed by atoms with Crippen LogP contribution in [0, 0.1) is 0 Å². The first-order valence-corrected chi connectivity index (χ1v) is 8.05. The third-order valence-corrected chi connectivity index (χ3v) is 5.07. The van der Waals surface area contributed by atoms with Crippen molar-refractivity contribution in [3.8, 4) is 0 Å². The number of piperazine rings is 1. The fourth-order valence-electron chi connectivity index (χ4n) is 2.72. The molecule has 5 heteroatoms. The Hall–Kier alpha value is -1.88. The molecule has 3 rings (SSSR count). The summed E-state index contributed by atoms with van der Waals surface area (Å²) in [4.78, 5) is 26.2. The van der Waals surface area contributed by atoms with Gasteiger partial charge >= 0.3 is 0 Å². The van der Waals surface area contributed by atoms with Gasteiger partial charge in [0.2, 0.25) is 11.8 Å². The number of carbonyl (C=O) groups is 2. The Morgan fingerprint density at radius 2 is 2.05 bits per heavy atom. The topological polar surface area (TPSA) is 49.4 Å². The summed E-state index contributed by atoms with van der Waals surface area (Å²) in [6.45, 7) is 4.19. The Kier molecular flexibility index (Phi) is 3.68. The monoisotopic (exact) mass is 302 g/mol. The van der Waals surface area contributed by atoms with Crippen molar-refractivity contribution in [2.45, 2.75) is 38.9 Å². The van der Waals surface area contributed by atoms with Gasteiger partial charge in [-0.2, -0.15) is 0 Å². The summed E-state index contributed by atoms with van der Waals surface area (Å²) in [6.07, 6.45) is 0.623. The van der Waals surface area contributed by atoms with E-state index in [0.29, 0.717) is 13.0 Å². The Morgan fingerprint density at radius 1 is 1.29 bits per heavy atom. The molecule has 2 atom stereocenters. The highest BCUT2D eigenvalue weighted by Gasteiger charge is 2.37. The Balaban J connectivity index is 1.91. The second kappa shape index (κ2) is 5.48. The third kappa shape index (κ3) is 2.42. The molecule has 1 N–H and O–H groups in total. The van der Waals surface area contributed by atoms with E-state index in [4.69, 9.17) is 0 Å². The van der Waals surface area contributed by atoms with E-state index >= 15 is 0 Å². The van der Waals surface area contributed by atoms with Gasteiger partial charge < -0.3 is 10.2 Å². The molecule has 1 aromatic heterocycles. The van der Waals surface area contributed by atoms with E-state index in [1.54, 1.807) is 23.2 Å². The molecule has 4 nitrogen and oxygen atoms in total. The molecule has 0 saturated carbocycles. The summed E-state index contributed by atoms with van der Waals surface area (Å²) in [5, 5.41) is 6.03. The smallest absolute Gasteiger partial charge is 0.246 e. The predicted molar refractivity (Wildman–Crippen MR) is 84.1 cm³/mol. The molecule has 1 aliphatic heterocycles. The van der Waals surface area contributed by atoms with Crippen LogP contribution in [0.2, 0.25) is 0 Å². The van der Waals surface area contributed by atoms with Crippen LogP contribution in [0.15, 0.2) is 29.6 Å². The lowest BCUT2D eigenvalue weighted by Crippen LogP contribution is -2.61. The molecule has 2 heterocycles. The summed E-state index contributed by atoms with van der Waals surface area (Å²) in [5.74, 6) is -0.0548. The maximum atomic E-state index is 12.5. The van der Waals surface area contributed by atoms with Crippen molar-refractivity contribution in [2.24, 2.45) is 0 Å². The van der Waals surface area contributed by atoms with Gasteiger partial charge in [-0.05, 0) is 35.7 Å². The van der Waals surface area contributed by atoms with Gasteiger partial charge in [-0.15, -0.1) is 11.3 Å². The SMILES string of the molecule is CCC1NC(=O)C(C)N(Cc2csc3ccccc23)C1=O. The first kappa shape index (κ1) is 14.1. The Bertz CT molecular complexity index is 694. The highest BCUT2D eigenvalue weighted by Crippen LogP contribution is 2.28. The number of benzene rings is 1. The maximum Gasteiger partial charge on any atom is 0.246 e. The molecule has 0 radical (unpaired) electrons. The van der Waals surface area contributed by atoms with Crippen molar-refractivity contribution < 1.29 is 9.59 Å². The molecule has 2 aromatic rings. The average molecular weight is 302 g/mol. The van der Waals surface area contributed by atoms with Gasteiger partial charge in [0, 0.05) is 11.2 Å². The van der Waals surface area contributed by atoms with Crippen LogP contribution in [0.1, 0.15) is 25.8 Å². The molecule has 2 amide bonds. The van der Waals surface area contributed by atoms with E-state index in [9.17, 15) is 9.59 Å². The van der Waals surface area contributed by atoms with E-state index in [-0.39, 0.29) is 11.8 Å².